The lowest BCUT2D eigenvalue weighted by molar-refractivity contribution is 0.0903. The van der Waals surface area contributed by atoms with E-state index < -0.39 is 11.1 Å². The van der Waals surface area contributed by atoms with Gasteiger partial charge in [0.1, 0.15) is 0 Å². The lowest BCUT2D eigenvalue weighted by Gasteiger charge is -2.28. The van der Waals surface area contributed by atoms with E-state index in [1.807, 2.05) is 0 Å². The molecule has 1 saturated carbocycles. The van der Waals surface area contributed by atoms with Gasteiger partial charge in [0, 0.05) is 12.1 Å². The number of carbonyl (C=O) groups is 1. The maximum atomic E-state index is 12.4. The van der Waals surface area contributed by atoms with E-state index in [9.17, 15) is 14.4 Å². The third kappa shape index (κ3) is 2.55. The summed E-state index contributed by atoms with van der Waals surface area (Å²) < 4.78 is 0. The highest BCUT2D eigenvalue weighted by molar-refractivity contribution is 5.97. The SMILES string of the molecule is NCC1(NC(=O)c2ccc3[nH]c(=O)c(=O)[nH]c3c2)CCCC1. The Balaban J connectivity index is 1.92. The zero-order valence-corrected chi connectivity index (χ0v) is 12.1. The lowest BCUT2D eigenvalue weighted by atomic mass is 9.97. The summed E-state index contributed by atoms with van der Waals surface area (Å²) in [4.78, 5) is 40.0. The molecule has 0 spiro atoms. The highest BCUT2D eigenvalue weighted by Gasteiger charge is 2.34. The van der Waals surface area contributed by atoms with Crippen molar-refractivity contribution in [1.29, 1.82) is 0 Å². The molecule has 1 aromatic heterocycles. The minimum Gasteiger partial charge on any atom is -0.345 e. The number of nitrogens with two attached hydrogens (primary N) is 1. The minimum atomic E-state index is -0.737. The maximum absolute atomic E-state index is 12.4. The molecule has 0 saturated heterocycles. The quantitative estimate of drug-likeness (QED) is 0.606. The molecular weight excluding hydrogens is 284 g/mol. The highest BCUT2D eigenvalue weighted by Crippen LogP contribution is 2.29. The normalized spacial score (nSPS) is 16.8. The molecule has 0 bridgehead atoms. The molecule has 1 heterocycles. The van der Waals surface area contributed by atoms with Gasteiger partial charge in [-0.05, 0) is 31.0 Å². The summed E-state index contributed by atoms with van der Waals surface area (Å²) in [5.74, 6) is -0.221. The van der Waals surface area contributed by atoms with Gasteiger partial charge in [-0.25, -0.2) is 0 Å². The first kappa shape index (κ1) is 14.5. The van der Waals surface area contributed by atoms with Crippen LogP contribution in [0.4, 0.5) is 0 Å². The average Bonchev–Trinajstić information content (AvgIpc) is 2.97. The smallest absolute Gasteiger partial charge is 0.314 e. The van der Waals surface area contributed by atoms with Gasteiger partial charge in [0.05, 0.1) is 16.6 Å². The van der Waals surface area contributed by atoms with Gasteiger partial charge in [-0.15, -0.1) is 0 Å². The van der Waals surface area contributed by atoms with Crippen molar-refractivity contribution in [2.45, 2.75) is 31.2 Å². The molecule has 7 nitrogen and oxygen atoms in total. The van der Waals surface area contributed by atoms with Crippen LogP contribution in [0.3, 0.4) is 0 Å². The van der Waals surface area contributed by atoms with Gasteiger partial charge >= 0.3 is 11.1 Å². The van der Waals surface area contributed by atoms with Crippen LogP contribution < -0.4 is 22.2 Å². The van der Waals surface area contributed by atoms with E-state index in [0.29, 0.717) is 23.1 Å². The molecule has 7 heteroatoms. The Labute approximate surface area is 125 Å². The summed E-state index contributed by atoms with van der Waals surface area (Å²) >= 11 is 0. The molecule has 1 amide bonds. The van der Waals surface area contributed by atoms with Gasteiger partial charge in [-0.3, -0.25) is 14.4 Å². The van der Waals surface area contributed by atoms with Crippen LogP contribution in [-0.4, -0.2) is 28.0 Å². The van der Waals surface area contributed by atoms with Crippen molar-refractivity contribution >= 4 is 16.9 Å². The second kappa shape index (κ2) is 5.42. The van der Waals surface area contributed by atoms with Crippen LogP contribution in [0.1, 0.15) is 36.0 Å². The average molecular weight is 302 g/mol. The zero-order chi connectivity index (χ0) is 15.7. The van der Waals surface area contributed by atoms with Crippen molar-refractivity contribution in [1.82, 2.24) is 15.3 Å². The Bertz CT molecular complexity index is 831. The van der Waals surface area contributed by atoms with E-state index in [2.05, 4.69) is 15.3 Å². The first-order valence-electron chi connectivity index (χ1n) is 7.32. The molecule has 1 fully saturated rings. The molecule has 1 aliphatic carbocycles. The van der Waals surface area contributed by atoms with Gasteiger partial charge in [-0.1, -0.05) is 12.8 Å². The van der Waals surface area contributed by atoms with Crippen LogP contribution in [0.5, 0.6) is 0 Å². The van der Waals surface area contributed by atoms with E-state index in [4.69, 9.17) is 5.73 Å². The number of rotatable bonds is 3. The first-order chi connectivity index (χ1) is 10.5. The standard InChI is InChI=1S/C15H18N4O3/c16-8-15(5-1-2-6-15)19-12(20)9-3-4-10-11(7-9)18-14(22)13(21)17-10/h3-4,7H,1-2,5-6,8,16H2,(H,17,21)(H,18,22)(H,19,20). The van der Waals surface area contributed by atoms with Crippen molar-refractivity contribution in [2.75, 3.05) is 6.54 Å². The number of aromatic nitrogens is 2. The second-order valence-electron chi connectivity index (χ2n) is 5.81. The van der Waals surface area contributed by atoms with Crippen molar-refractivity contribution in [2.24, 2.45) is 5.73 Å². The summed E-state index contributed by atoms with van der Waals surface area (Å²) in [5, 5.41) is 3.02. The monoisotopic (exact) mass is 302 g/mol. The summed E-state index contributed by atoms with van der Waals surface area (Å²) in [6, 6.07) is 4.78. The van der Waals surface area contributed by atoms with E-state index in [0.717, 1.165) is 25.7 Å². The molecule has 0 unspecified atom stereocenters. The predicted octanol–water partition coefficient (Wildman–Crippen LogP) is 0.218. The highest BCUT2D eigenvalue weighted by atomic mass is 16.2. The van der Waals surface area contributed by atoms with E-state index >= 15 is 0 Å². The Morgan fingerprint density at radius 1 is 1.14 bits per heavy atom. The summed E-state index contributed by atoms with van der Waals surface area (Å²) in [6.07, 6.45) is 3.88. The predicted molar refractivity (Wildman–Crippen MR) is 82.9 cm³/mol. The minimum absolute atomic E-state index is 0.221. The molecule has 2 aromatic rings. The van der Waals surface area contributed by atoms with Crippen LogP contribution in [0, 0.1) is 0 Å². The van der Waals surface area contributed by atoms with Crippen molar-refractivity contribution in [3.05, 3.63) is 44.5 Å². The third-order valence-corrected chi connectivity index (χ3v) is 4.31. The molecule has 5 N–H and O–H groups in total. The number of hydrogen-bond donors (Lipinski definition) is 4. The van der Waals surface area contributed by atoms with Gasteiger partial charge in [-0.2, -0.15) is 0 Å². The summed E-state index contributed by atoms with van der Waals surface area (Å²) in [5.41, 5.74) is 5.37. The molecule has 0 radical (unpaired) electrons. The number of carbonyl (C=O) groups excluding carboxylic acids is 1. The van der Waals surface area contributed by atoms with Gasteiger partial charge in [0.2, 0.25) is 0 Å². The molecule has 1 aliphatic rings. The zero-order valence-electron chi connectivity index (χ0n) is 12.1. The van der Waals surface area contributed by atoms with Gasteiger partial charge < -0.3 is 21.0 Å². The fourth-order valence-corrected chi connectivity index (χ4v) is 3.00. The molecular formula is C15H18N4O3. The van der Waals surface area contributed by atoms with Gasteiger partial charge in [0.25, 0.3) is 5.91 Å². The summed E-state index contributed by atoms with van der Waals surface area (Å²) in [7, 11) is 0. The molecule has 1 aromatic carbocycles. The van der Waals surface area contributed by atoms with Gasteiger partial charge in [0.15, 0.2) is 0 Å². The molecule has 0 atom stereocenters. The van der Waals surface area contributed by atoms with E-state index in [1.54, 1.807) is 18.2 Å². The van der Waals surface area contributed by atoms with Crippen molar-refractivity contribution in [3.8, 4) is 0 Å². The molecule has 22 heavy (non-hydrogen) atoms. The Kier molecular flexibility index (Phi) is 3.58. The summed E-state index contributed by atoms with van der Waals surface area (Å²) in [6.45, 7) is 0.413. The number of amides is 1. The van der Waals surface area contributed by atoms with Crippen LogP contribution in [-0.2, 0) is 0 Å². The van der Waals surface area contributed by atoms with Crippen molar-refractivity contribution in [3.63, 3.8) is 0 Å². The number of benzene rings is 1. The first-order valence-corrected chi connectivity index (χ1v) is 7.32. The van der Waals surface area contributed by atoms with Crippen molar-refractivity contribution < 1.29 is 4.79 Å². The van der Waals surface area contributed by atoms with Crippen LogP contribution in [0.25, 0.3) is 11.0 Å². The number of hydrogen-bond acceptors (Lipinski definition) is 4. The fourth-order valence-electron chi connectivity index (χ4n) is 3.00. The Morgan fingerprint density at radius 2 is 1.77 bits per heavy atom. The molecule has 3 rings (SSSR count). The largest absolute Gasteiger partial charge is 0.345 e. The Hall–Kier alpha value is -2.41. The Morgan fingerprint density at radius 3 is 2.41 bits per heavy atom. The lowest BCUT2D eigenvalue weighted by Crippen LogP contribution is -2.51. The molecule has 0 aliphatic heterocycles. The second-order valence-corrected chi connectivity index (χ2v) is 5.81. The maximum Gasteiger partial charge on any atom is 0.314 e. The van der Waals surface area contributed by atoms with E-state index in [1.165, 1.54) is 0 Å². The topological polar surface area (TPSA) is 121 Å². The molecule has 116 valence electrons. The van der Waals surface area contributed by atoms with Crippen LogP contribution >= 0.6 is 0 Å². The number of H-pyrrole nitrogens is 2. The number of fused-ring (bicyclic) bond motifs is 1. The van der Waals surface area contributed by atoms with Crippen LogP contribution in [0.15, 0.2) is 27.8 Å². The third-order valence-electron chi connectivity index (χ3n) is 4.31. The fraction of sp³-hybridized carbons (Fsp3) is 0.400. The number of nitrogens with one attached hydrogen (secondary N) is 3. The van der Waals surface area contributed by atoms with Crippen LogP contribution in [0.2, 0.25) is 0 Å². The number of aromatic amines is 2. The van der Waals surface area contributed by atoms with E-state index in [-0.39, 0.29) is 11.4 Å².